The number of hydrogen-bond acceptors (Lipinski definition) is 4. The van der Waals surface area contributed by atoms with Crippen molar-refractivity contribution in [3.63, 3.8) is 0 Å². The van der Waals surface area contributed by atoms with Gasteiger partial charge in [-0.1, -0.05) is 37.1 Å². The number of hydrogen-bond donors (Lipinski definition) is 1. The van der Waals surface area contributed by atoms with E-state index in [2.05, 4.69) is 34.6 Å². The number of ether oxygens (including phenoxy) is 1. The van der Waals surface area contributed by atoms with Crippen LogP contribution in [0.1, 0.15) is 49.5 Å². The van der Waals surface area contributed by atoms with E-state index in [0.29, 0.717) is 27.3 Å². The summed E-state index contributed by atoms with van der Waals surface area (Å²) < 4.78 is 5.63. The van der Waals surface area contributed by atoms with Crippen LogP contribution in [0.4, 0.5) is 5.69 Å². The summed E-state index contributed by atoms with van der Waals surface area (Å²) in [6.45, 7) is 6.10. The van der Waals surface area contributed by atoms with Crippen LogP contribution in [0.25, 0.3) is 16.7 Å². The monoisotopic (exact) mass is 462 g/mol. The largest absolute Gasteiger partial charge is 0.491 e. The lowest BCUT2D eigenvalue weighted by Crippen LogP contribution is -2.12. The molecule has 1 N–H and O–H groups in total. The Morgan fingerprint density at radius 3 is 2.33 bits per heavy atom. The van der Waals surface area contributed by atoms with Crippen molar-refractivity contribution in [1.82, 2.24) is 15.0 Å². The molecule has 0 spiro atoms. The van der Waals surface area contributed by atoms with Crippen LogP contribution in [0.3, 0.4) is 0 Å². The first-order chi connectivity index (χ1) is 15.9. The number of aromatic nitrogens is 3. The van der Waals surface area contributed by atoms with Gasteiger partial charge in [-0.25, -0.2) is 0 Å². The Kier molecular flexibility index (Phi) is 6.94. The van der Waals surface area contributed by atoms with Gasteiger partial charge in [0.2, 0.25) is 0 Å². The number of amides is 1. The summed E-state index contributed by atoms with van der Waals surface area (Å²) in [6, 6.07) is 18.7. The second-order valence-corrected chi connectivity index (χ2v) is 8.63. The Balaban J connectivity index is 1.52. The van der Waals surface area contributed by atoms with Crippen LogP contribution >= 0.6 is 11.6 Å². The molecule has 0 bridgehead atoms. The van der Waals surface area contributed by atoms with Gasteiger partial charge in [-0.3, -0.25) is 4.79 Å². The average Bonchev–Trinajstić information content (AvgIpc) is 3.21. The summed E-state index contributed by atoms with van der Waals surface area (Å²) >= 11 is 6.43. The molecule has 1 amide bonds. The van der Waals surface area contributed by atoms with E-state index in [0.717, 1.165) is 17.9 Å². The highest BCUT2D eigenvalue weighted by Gasteiger charge is 2.13. The number of carbonyl (C=O) groups is 1. The maximum Gasteiger partial charge on any atom is 0.255 e. The summed E-state index contributed by atoms with van der Waals surface area (Å²) in [5.41, 5.74) is 4.47. The van der Waals surface area contributed by atoms with Crippen LogP contribution in [0, 0.1) is 0 Å². The molecule has 33 heavy (non-hydrogen) atoms. The van der Waals surface area contributed by atoms with E-state index in [1.54, 1.807) is 41.2 Å². The minimum absolute atomic E-state index is 0.0719. The number of rotatable bonds is 8. The molecular formula is C26H27ClN4O2. The quantitative estimate of drug-likeness (QED) is 0.326. The molecule has 4 aromatic rings. The molecule has 0 saturated heterocycles. The second-order valence-electron chi connectivity index (χ2n) is 8.23. The van der Waals surface area contributed by atoms with Gasteiger partial charge in [0.05, 0.1) is 22.5 Å². The van der Waals surface area contributed by atoms with Crippen LogP contribution in [0.2, 0.25) is 5.02 Å². The Labute approximate surface area is 198 Å². The van der Waals surface area contributed by atoms with Gasteiger partial charge in [0.25, 0.3) is 5.91 Å². The fraction of sp³-hybridized carbons (Fsp3) is 0.269. The van der Waals surface area contributed by atoms with Crippen molar-refractivity contribution < 1.29 is 9.53 Å². The number of fused-ring (bicyclic) bond motifs is 1. The number of aryl methyl sites for hydroxylation is 1. The summed E-state index contributed by atoms with van der Waals surface area (Å²) in [5, 5.41) is 12.4. The fourth-order valence-electron chi connectivity index (χ4n) is 3.48. The number of carbonyl (C=O) groups excluding carboxylic acids is 1. The first kappa shape index (κ1) is 22.8. The van der Waals surface area contributed by atoms with Gasteiger partial charge in [0.15, 0.2) is 0 Å². The van der Waals surface area contributed by atoms with Gasteiger partial charge in [0, 0.05) is 5.56 Å². The number of nitrogens with one attached hydrogen (secondary N) is 1. The van der Waals surface area contributed by atoms with E-state index in [-0.39, 0.29) is 12.0 Å². The molecule has 3 aromatic carbocycles. The number of anilines is 1. The molecule has 0 atom stereocenters. The van der Waals surface area contributed by atoms with Gasteiger partial charge >= 0.3 is 0 Å². The molecule has 0 aliphatic heterocycles. The first-order valence-electron chi connectivity index (χ1n) is 11.2. The molecule has 0 radical (unpaired) electrons. The summed E-state index contributed by atoms with van der Waals surface area (Å²) in [7, 11) is 0. The lowest BCUT2D eigenvalue weighted by Gasteiger charge is -2.10. The highest BCUT2D eigenvalue weighted by molar-refractivity contribution is 6.34. The molecule has 0 aliphatic carbocycles. The molecule has 0 fully saturated rings. The summed E-state index contributed by atoms with van der Waals surface area (Å²) in [5.74, 6) is 0.457. The predicted molar refractivity (Wildman–Crippen MR) is 133 cm³/mol. The molecule has 1 heterocycles. The highest BCUT2D eigenvalue weighted by Crippen LogP contribution is 2.28. The topological polar surface area (TPSA) is 69.0 Å². The predicted octanol–water partition coefficient (Wildman–Crippen LogP) is 6.46. The van der Waals surface area contributed by atoms with Gasteiger partial charge in [0.1, 0.15) is 16.8 Å². The van der Waals surface area contributed by atoms with E-state index in [9.17, 15) is 4.79 Å². The number of unbranched alkanes of at least 4 members (excludes halogenated alkanes) is 1. The molecule has 6 nitrogen and oxygen atoms in total. The van der Waals surface area contributed by atoms with Crippen molar-refractivity contribution in [2.24, 2.45) is 0 Å². The summed E-state index contributed by atoms with van der Waals surface area (Å²) in [4.78, 5) is 14.3. The van der Waals surface area contributed by atoms with Crippen LogP contribution < -0.4 is 10.1 Å². The Hall–Kier alpha value is -3.38. The SMILES string of the molecule is CCCCc1ccc(-n2nc3cc(Cl)c(NC(=O)c4ccc(OC(C)C)cc4)cc3n2)cc1. The van der Waals surface area contributed by atoms with Crippen LogP contribution in [0.5, 0.6) is 5.75 Å². The average molecular weight is 463 g/mol. The van der Waals surface area contributed by atoms with Gasteiger partial charge in [-0.05, 0) is 80.8 Å². The van der Waals surface area contributed by atoms with E-state index >= 15 is 0 Å². The van der Waals surface area contributed by atoms with Crippen LogP contribution in [0.15, 0.2) is 60.7 Å². The molecule has 0 aliphatic rings. The maximum atomic E-state index is 12.7. The van der Waals surface area contributed by atoms with Gasteiger partial charge < -0.3 is 10.1 Å². The van der Waals surface area contributed by atoms with Crippen LogP contribution in [-0.4, -0.2) is 27.0 Å². The fourth-order valence-corrected chi connectivity index (χ4v) is 3.68. The van der Waals surface area contributed by atoms with E-state index in [1.807, 2.05) is 26.0 Å². The second kappa shape index (κ2) is 10.0. The molecule has 1 aromatic heterocycles. The number of halogens is 1. The van der Waals surface area contributed by atoms with Crippen molar-refractivity contribution in [2.75, 3.05) is 5.32 Å². The zero-order valence-electron chi connectivity index (χ0n) is 19.0. The zero-order chi connectivity index (χ0) is 23.4. The lowest BCUT2D eigenvalue weighted by molar-refractivity contribution is 0.102. The molecule has 7 heteroatoms. The van der Waals surface area contributed by atoms with Crippen molar-refractivity contribution in [3.05, 3.63) is 76.8 Å². The summed E-state index contributed by atoms with van der Waals surface area (Å²) in [6.07, 6.45) is 3.48. The minimum Gasteiger partial charge on any atom is -0.491 e. The maximum absolute atomic E-state index is 12.7. The Morgan fingerprint density at radius 1 is 1.03 bits per heavy atom. The van der Waals surface area contributed by atoms with Crippen molar-refractivity contribution in [3.8, 4) is 11.4 Å². The molecule has 0 saturated carbocycles. The smallest absolute Gasteiger partial charge is 0.255 e. The highest BCUT2D eigenvalue weighted by atomic mass is 35.5. The Bertz CT molecular complexity index is 1250. The number of nitrogens with zero attached hydrogens (tertiary/aromatic N) is 3. The van der Waals surface area contributed by atoms with E-state index < -0.39 is 0 Å². The van der Waals surface area contributed by atoms with Crippen molar-refractivity contribution in [1.29, 1.82) is 0 Å². The third-order valence-electron chi connectivity index (χ3n) is 5.19. The van der Waals surface area contributed by atoms with Crippen molar-refractivity contribution >= 4 is 34.2 Å². The lowest BCUT2D eigenvalue weighted by atomic mass is 10.1. The molecule has 0 unspecified atom stereocenters. The van der Waals surface area contributed by atoms with E-state index in [1.165, 1.54) is 18.4 Å². The first-order valence-corrected chi connectivity index (χ1v) is 11.5. The van der Waals surface area contributed by atoms with Gasteiger partial charge in [-0.2, -0.15) is 4.80 Å². The molecule has 170 valence electrons. The molecule has 4 rings (SSSR count). The van der Waals surface area contributed by atoms with Gasteiger partial charge in [-0.15, -0.1) is 10.2 Å². The Morgan fingerprint density at radius 2 is 1.70 bits per heavy atom. The zero-order valence-corrected chi connectivity index (χ0v) is 19.8. The standard InChI is InChI=1S/C26H27ClN4O2/c1-4-5-6-18-7-11-20(12-8-18)31-29-24-15-22(27)23(16-25(24)30-31)28-26(32)19-9-13-21(14-10-19)33-17(2)3/h7-17H,4-6H2,1-3H3,(H,28,32). The number of benzene rings is 3. The third kappa shape index (κ3) is 5.52. The van der Waals surface area contributed by atoms with Crippen LogP contribution in [-0.2, 0) is 6.42 Å². The van der Waals surface area contributed by atoms with Crippen molar-refractivity contribution in [2.45, 2.75) is 46.1 Å². The molecular weight excluding hydrogens is 436 g/mol. The minimum atomic E-state index is -0.262. The normalized spacial score (nSPS) is 11.2. The van der Waals surface area contributed by atoms with E-state index in [4.69, 9.17) is 16.3 Å². The third-order valence-corrected chi connectivity index (χ3v) is 5.50.